The lowest BCUT2D eigenvalue weighted by Gasteiger charge is -2.34. The smallest absolute Gasteiger partial charge is 0.243 e. The SMILES string of the molecule is CC(C)c1ccc(S(=O)(=O)N2CCN(C(=O)CCc3ncc(-c4ccccc4)o3)CC2)cc1. The Morgan fingerprint density at radius 2 is 1.67 bits per heavy atom. The average Bonchev–Trinajstić information content (AvgIpc) is 3.32. The molecule has 0 bridgehead atoms. The Morgan fingerprint density at radius 1 is 1.00 bits per heavy atom. The number of rotatable bonds is 7. The van der Waals surface area contributed by atoms with Crippen molar-refractivity contribution in [1.29, 1.82) is 0 Å². The molecule has 0 atom stereocenters. The van der Waals surface area contributed by atoms with Gasteiger partial charge in [0, 0.05) is 44.6 Å². The van der Waals surface area contributed by atoms with E-state index in [-0.39, 0.29) is 25.4 Å². The topological polar surface area (TPSA) is 83.7 Å². The van der Waals surface area contributed by atoms with Gasteiger partial charge in [0.1, 0.15) is 0 Å². The molecule has 1 aromatic heterocycles. The van der Waals surface area contributed by atoms with E-state index < -0.39 is 10.0 Å². The van der Waals surface area contributed by atoms with Gasteiger partial charge in [-0.3, -0.25) is 4.79 Å². The highest BCUT2D eigenvalue weighted by molar-refractivity contribution is 7.89. The van der Waals surface area contributed by atoms with Gasteiger partial charge in [-0.1, -0.05) is 56.3 Å². The summed E-state index contributed by atoms with van der Waals surface area (Å²) in [6.07, 6.45) is 2.36. The second-order valence-electron chi connectivity index (χ2n) is 8.49. The van der Waals surface area contributed by atoms with Crippen LogP contribution in [-0.2, 0) is 21.2 Å². The van der Waals surface area contributed by atoms with E-state index in [2.05, 4.69) is 18.8 Å². The minimum Gasteiger partial charge on any atom is -0.441 e. The van der Waals surface area contributed by atoms with Crippen LogP contribution in [0.3, 0.4) is 0 Å². The number of oxazole rings is 1. The van der Waals surface area contributed by atoms with E-state index in [1.165, 1.54) is 4.31 Å². The molecule has 4 rings (SSSR count). The lowest BCUT2D eigenvalue weighted by atomic mass is 10.0. The van der Waals surface area contributed by atoms with Crippen molar-refractivity contribution in [3.05, 3.63) is 72.2 Å². The van der Waals surface area contributed by atoms with Crippen LogP contribution in [0.4, 0.5) is 0 Å². The van der Waals surface area contributed by atoms with Crippen molar-refractivity contribution < 1.29 is 17.6 Å². The first-order valence-corrected chi connectivity index (χ1v) is 12.7. The molecule has 1 saturated heterocycles. The molecule has 1 aliphatic heterocycles. The molecule has 0 N–H and O–H groups in total. The Labute approximate surface area is 195 Å². The summed E-state index contributed by atoms with van der Waals surface area (Å²) in [6, 6.07) is 16.8. The molecule has 0 spiro atoms. The molecule has 0 saturated carbocycles. The number of sulfonamides is 1. The summed E-state index contributed by atoms with van der Waals surface area (Å²) < 4.78 is 33.2. The number of hydrogen-bond acceptors (Lipinski definition) is 5. The summed E-state index contributed by atoms with van der Waals surface area (Å²) in [5, 5.41) is 0. The largest absolute Gasteiger partial charge is 0.441 e. The van der Waals surface area contributed by atoms with Gasteiger partial charge in [-0.2, -0.15) is 4.31 Å². The van der Waals surface area contributed by atoms with Gasteiger partial charge in [-0.05, 0) is 23.6 Å². The maximum absolute atomic E-state index is 13.0. The van der Waals surface area contributed by atoms with Crippen LogP contribution in [0.1, 0.15) is 37.6 Å². The fourth-order valence-electron chi connectivity index (χ4n) is 3.89. The van der Waals surface area contributed by atoms with E-state index in [0.717, 1.165) is 11.1 Å². The van der Waals surface area contributed by atoms with Gasteiger partial charge in [0.05, 0.1) is 11.1 Å². The molecular formula is C25H29N3O4S. The number of aromatic nitrogens is 1. The summed E-state index contributed by atoms with van der Waals surface area (Å²) in [5.74, 6) is 1.52. The van der Waals surface area contributed by atoms with Gasteiger partial charge >= 0.3 is 0 Å². The molecule has 1 amide bonds. The zero-order valence-electron chi connectivity index (χ0n) is 19.0. The van der Waals surface area contributed by atoms with Crippen molar-refractivity contribution in [1.82, 2.24) is 14.2 Å². The molecule has 174 valence electrons. The average molecular weight is 468 g/mol. The van der Waals surface area contributed by atoms with Crippen molar-refractivity contribution in [2.24, 2.45) is 0 Å². The third kappa shape index (κ3) is 5.34. The number of piperazine rings is 1. The normalized spacial score (nSPS) is 15.2. The predicted octanol–water partition coefficient (Wildman–Crippen LogP) is 3.93. The first-order chi connectivity index (χ1) is 15.8. The Bertz CT molecular complexity index is 1180. The first-order valence-electron chi connectivity index (χ1n) is 11.2. The number of hydrogen-bond donors (Lipinski definition) is 0. The Kier molecular flexibility index (Phi) is 6.95. The van der Waals surface area contributed by atoms with Gasteiger partial charge in [0.15, 0.2) is 11.7 Å². The second kappa shape index (κ2) is 9.89. The number of benzene rings is 2. The van der Waals surface area contributed by atoms with Crippen LogP contribution >= 0.6 is 0 Å². The number of amides is 1. The summed E-state index contributed by atoms with van der Waals surface area (Å²) >= 11 is 0. The summed E-state index contributed by atoms with van der Waals surface area (Å²) in [5.41, 5.74) is 2.05. The van der Waals surface area contributed by atoms with E-state index >= 15 is 0 Å². The third-order valence-electron chi connectivity index (χ3n) is 5.94. The number of nitrogens with zero attached hydrogens (tertiary/aromatic N) is 3. The van der Waals surface area contributed by atoms with Crippen LogP contribution in [0, 0.1) is 0 Å². The summed E-state index contributed by atoms with van der Waals surface area (Å²) in [6.45, 7) is 5.48. The molecule has 33 heavy (non-hydrogen) atoms. The predicted molar refractivity (Wildman–Crippen MR) is 126 cm³/mol. The highest BCUT2D eigenvalue weighted by Crippen LogP contribution is 2.22. The number of carbonyl (C=O) groups is 1. The molecule has 2 aromatic carbocycles. The summed E-state index contributed by atoms with van der Waals surface area (Å²) in [7, 11) is -3.56. The number of aryl methyl sites for hydroxylation is 1. The number of carbonyl (C=O) groups excluding carboxylic acids is 1. The quantitative estimate of drug-likeness (QED) is 0.526. The molecule has 1 fully saturated rings. The Hall–Kier alpha value is -2.97. The maximum atomic E-state index is 13.0. The Balaban J connectivity index is 1.29. The van der Waals surface area contributed by atoms with Gasteiger partial charge < -0.3 is 9.32 Å². The van der Waals surface area contributed by atoms with Crippen LogP contribution < -0.4 is 0 Å². The zero-order chi connectivity index (χ0) is 23.4. The van der Waals surface area contributed by atoms with Crippen molar-refractivity contribution in [3.63, 3.8) is 0 Å². The van der Waals surface area contributed by atoms with E-state index in [0.29, 0.717) is 42.0 Å². The molecule has 0 unspecified atom stereocenters. The van der Waals surface area contributed by atoms with E-state index in [4.69, 9.17) is 4.42 Å². The fraction of sp³-hybridized carbons (Fsp3) is 0.360. The standard InChI is InChI=1S/C25H29N3O4S/c1-19(2)20-8-10-22(11-9-20)33(30,31)28-16-14-27(15-17-28)25(29)13-12-24-26-18-23(32-24)21-6-4-3-5-7-21/h3-11,18-19H,12-17H2,1-2H3. The van der Waals surface area contributed by atoms with Crippen molar-refractivity contribution in [2.45, 2.75) is 37.5 Å². The van der Waals surface area contributed by atoms with E-state index in [1.807, 2.05) is 42.5 Å². The van der Waals surface area contributed by atoms with Crippen molar-refractivity contribution >= 4 is 15.9 Å². The van der Waals surface area contributed by atoms with Crippen molar-refractivity contribution in [2.75, 3.05) is 26.2 Å². The highest BCUT2D eigenvalue weighted by atomic mass is 32.2. The minimum atomic E-state index is -3.56. The van der Waals surface area contributed by atoms with E-state index in [1.54, 1.807) is 23.2 Å². The van der Waals surface area contributed by atoms with Gasteiger partial charge in [-0.15, -0.1) is 0 Å². The van der Waals surface area contributed by atoms with Crippen LogP contribution in [-0.4, -0.2) is 54.7 Å². The minimum absolute atomic E-state index is 0.0206. The third-order valence-corrected chi connectivity index (χ3v) is 7.85. The van der Waals surface area contributed by atoms with Crippen LogP contribution in [0.5, 0.6) is 0 Å². The van der Waals surface area contributed by atoms with Crippen LogP contribution in [0.15, 0.2) is 70.1 Å². The molecule has 0 radical (unpaired) electrons. The van der Waals surface area contributed by atoms with Gasteiger partial charge in [-0.25, -0.2) is 13.4 Å². The molecule has 2 heterocycles. The van der Waals surface area contributed by atoms with Gasteiger partial charge in [0.2, 0.25) is 15.9 Å². The molecule has 0 aliphatic carbocycles. The molecule has 1 aliphatic rings. The fourth-order valence-corrected chi connectivity index (χ4v) is 5.31. The maximum Gasteiger partial charge on any atom is 0.243 e. The summed E-state index contributed by atoms with van der Waals surface area (Å²) in [4.78, 5) is 19.0. The van der Waals surface area contributed by atoms with Crippen LogP contribution in [0.2, 0.25) is 0 Å². The second-order valence-corrected chi connectivity index (χ2v) is 10.4. The molecule has 8 heteroatoms. The van der Waals surface area contributed by atoms with Crippen molar-refractivity contribution in [3.8, 4) is 11.3 Å². The molecule has 7 nitrogen and oxygen atoms in total. The Morgan fingerprint density at radius 3 is 2.30 bits per heavy atom. The lowest BCUT2D eigenvalue weighted by molar-refractivity contribution is -0.132. The lowest BCUT2D eigenvalue weighted by Crippen LogP contribution is -2.50. The van der Waals surface area contributed by atoms with Gasteiger partial charge in [0.25, 0.3) is 0 Å². The van der Waals surface area contributed by atoms with Crippen LogP contribution in [0.25, 0.3) is 11.3 Å². The first kappa shape index (κ1) is 23.2. The molecular weight excluding hydrogens is 438 g/mol. The highest BCUT2D eigenvalue weighted by Gasteiger charge is 2.30. The molecule has 3 aromatic rings. The zero-order valence-corrected chi connectivity index (χ0v) is 19.8. The monoisotopic (exact) mass is 467 g/mol. The van der Waals surface area contributed by atoms with E-state index in [9.17, 15) is 13.2 Å².